The van der Waals surface area contributed by atoms with E-state index in [9.17, 15) is 0 Å². The molecule has 1 unspecified atom stereocenters. The highest BCUT2D eigenvalue weighted by atomic mass is 16.7. The van der Waals surface area contributed by atoms with Crippen molar-refractivity contribution in [2.75, 3.05) is 6.79 Å². The van der Waals surface area contributed by atoms with Gasteiger partial charge in [-0.25, -0.2) is 0 Å². The summed E-state index contributed by atoms with van der Waals surface area (Å²) in [6.07, 6.45) is 7.90. The molecule has 0 bridgehead atoms. The molecule has 0 aromatic heterocycles. The molecule has 2 aromatic carbocycles. The first-order valence-electron chi connectivity index (χ1n) is 9.90. The van der Waals surface area contributed by atoms with Gasteiger partial charge in [0.05, 0.1) is 6.10 Å². The van der Waals surface area contributed by atoms with Crippen LogP contribution in [0, 0.1) is 5.92 Å². The van der Waals surface area contributed by atoms with Crippen LogP contribution in [0.15, 0.2) is 36.4 Å². The summed E-state index contributed by atoms with van der Waals surface area (Å²) < 4.78 is 11.7. The molecule has 2 heteroatoms. The third-order valence-electron chi connectivity index (χ3n) is 5.31. The molecule has 136 valence electrons. The van der Waals surface area contributed by atoms with E-state index in [1.54, 1.807) is 0 Å². The van der Waals surface area contributed by atoms with Crippen molar-refractivity contribution in [3.8, 4) is 5.75 Å². The molecule has 0 aliphatic heterocycles. The van der Waals surface area contributed by atoms with Crippen LogP contribution < -0.4 is 4.74 Å². The molecule has 25 heavy (non-hydrogen) atoms. The van der Waals surface area contributed by atoms with Gasteiger partial charge in [-0.2, -0.15) is 0 Å². The predicted octanol–water partition coefficient (Wildman–Crippen LogP) is 6.68. The first kappa shape index (κ1) is 18.3. The van der Waals surface area contributed by atoms with Gasteiger partial charge in [0.2, 0.25) is 0 Å². The van der Waals surface area contributed by atoms with E-state index in [1.165, 1.54) is 54.9 Å². The van der Waals surface area contributed by atoms with Crippen molar-refractivity contribution in [1.82, 2.24) is 0 Å². The number of benzene rings is 2. The number of fused-ring (bicyclic) bond motifs is 1. The van der Waals surface area contributed by atoms with Crippen LogP contribution in [0.2, 0.25) is 0 Å². The first-order valence-corrected chi connectivity index (χ1v) is 9.90. The van der Waals surface area contributed by atoms with Gasteiger partial charge < -0.3 is 9.47 Å². The minimum absolute atomic E-state index is 0.361. The van der Waals surface area contributed by atoms with Crippen molar-refractivity contribution in [3.63, 3.8) is 0 Å². The number of rotatable bonds is 7. The van der Waals surface area contributed by atoms with Crippen molar-refractivity contribution in [2.45, 2.75) is 71.3 Å². The maximum atomic E-state index is 5.86. The molecule has 1 aliphatic rings. The molecule has 3 rings (SSSR count). The van der Waals surface area contributed by atoms with E-state index < -0.39 is 0 Å². The van der Waals surface area contributed by atoms with Crippen LogP contribution in [-0.4, -0.2) is 12.9 Å². The van der Waals surface area contributed by atoms with E-state index >= 15 is 0 Å². The third-order valence-corrected chi connectivity index (χ3v) is 5.31. The van der Waals surface area contributed by atoms with Crippen LogP contribution >= 0.6 is 0 Å². The second-order valence-electron chi connectivity index (χ2n) is 7.99. The number of hydrogen-bond donors (Lipinski definition) is 0. The van der Waals surface area contributed by atoms with Crippen LogP contribution in [0.4, 0.5) is 0 Å². The van der Waals surface area contributed by atoms with Gasteiger partial charge in [-0.3, -0.25) is 0 Å². The molecule has 0 heterocycles. The van der Waals surface area contributed by atoms with Gasteiger partial charge in [0.15, 0.2) is 6.79 Å². The van der Waals surface area contributed by atoms with Crippen molar-refractivity contribution in [3.05, 3.63) is 42.0 Å². The molecular weight excluding hydrogens is 308 g/mol. The lowest BCUT2D eigenvalue weighted by Crippen LogP contribution is -2.19. The van der Waals surface area contributed by atoms with E-state index in [0.717, 1.165) is 11.7 Å². The summed E-state index contributed by atoms with van der Waals surface area (Å²) in [7, 11) is 0. The van der Waals surface area contributed by atoms with Crippen molar-refractivity contribution in [2.24, 2.45) is 5.92 Å². The topological polar surface area (TPSA) is 18.5 Å². The van der Waals surface area contributed by atoms with E-state index in [-0.39, 0.29) is 0 Å². The van der Waals surface area contributed by atoms with E-state index in [4.69, 9.17) is 9.47 Å². The molecule has 2 nitrogen and oxygen atoms in total. The maximum Gasteiger partial charge on any atom is 0.189 e. The first-order chi connectivity index (χ1) is 12.1. The smallest absolute Gasteiger partial charge is 0.189 e. The SMILES string of the molecule is CC(C)CC(C)c1ccc2cc(OCOC3CCCCC3)ccc2c1. The standard InChI is InChI=1S/C23H32O2/c1-17(2)13-18(3)19-9-10-21-15-23(12-11-20(21)14-19)25-16-24-22-7-5-4-6-8-22/h9-12,14-15,17-18,22H,4-8,13,16H2,1-3H3. The highest BCUT2D eigenvalue weighted by Gasteiger charge is 2.13. The minimum atomic E-state index is 0.361. The molecule has 0 radical (unpaired) electrons. The molecule has 0 N–H and O–H groups in total. The van der Waals surface area contributed by atoms with E-state index in [0.29, 0.717) is 18.8 Å². The predicted molar refractivity (Wildman–Crippen MR) is 105 cm³/mol. The minimum Gasteiger partial charge on any atom is -0.468 e. The van der Waals surface area contributed by atoms with Crippen LogP contribution in [0.3, 0.4) is 0 Å². The van der Waals surface area contributed by atoms with Gasteiger partial charge in [0.25, 0.3) is 0 Å². The Kier molecular flexibility index (Phi) is 6.36. The molecule has 1 aliphatic carbocycles. The van der Waals surface area contributed by atoms with Crippen LogP contribution in [0.5, 0.6) is 5.75 Å². The Balaban J connectivity index is 1.60. The fraction of sp³-hybridized carbons (Fsp3) is 0.565. The lowest BCUT2D eigenvalue weighted by atomic mass is 9.91. The molecular formula is C23H32O2. The lowest BCUT2D eigenvalue weighted by Gasteiger charge is -2.22. The molecule has 0 spiro atoms. The van der Waals surface area contributed by atoms with Gasteiger partial charge in [0, 0.05) is 0 Å². The maximum absolute atomic E-state index is 5.86. The Morgan fingerprint density at radius 1 is 0.920 bits per heavy atom. The van der Waals surface area contributed by atoms with Crippen LogP contribution in [-0.2, 0) is 4.74 Å². The molecule has 1 saturated carbocycles. The lowest BCUT2D eigenvalue weighted by molar-refractivity contribution is -0.0496. The molecule has 0 amide bonds. The van der Waals surface area contributed by atoms with E-state index in [1.807, 2.05) is 0 Å². The van der Waals surface area contributed by atoms with Crippen molar-refractivity contribution in [1.29, 1.82) is 0 Å². The van der Waals surface area contributed by atoms with Gasteiger partial charge in [-0.1, -0.05) is 64.3 Å². The Hall–Kier alpha value is -1.54. The fourth-order valence-electron chi connectivity index (χ4n) is 3.91. The zero-order valence-corrected chi connectivity index (χ0v) is 16.0. The molecule has 1 fully saturated rings. The second kappa shape index (κ2) is 8.71. The van der Waals surface area contributed by atoms with Crippen LogP contribution in [0.25, 0.3) is 10.8 Å². The summed E-state index contributed by atoms with van der Waals surface area (Å²) in [5, 5.41) is 2.52. The fourth-order valence-corrected chi connectivity index (χ4v) is 3.91. The molecule has 0 saturated heterocycles. The largest absolute Gasteiger partial charge is 0.468 e. The van der Waals surface area contributed by atoms with Gasteiger partial charge in [0.1, 0.15) is 5.75 Å². The highest BCUT2D eigenvalue weighted by Crippen LogP contribution is 2.28. The summed E-state index contributed by atoms with van der Waals surface area (Å²) in [5.74, 6) is 2.22. The van der Waals surface area contributed by atoms with Crippen molar-refractivity contribution < 1.29 is 9.47 Å². The zero-order chi connectivity index (χ0) is 17.6. The zero-order valence-electron chi connectivity index (χ0n) is 16.0. The Labute approximate surface area is 152 Å². The average molecular weight is 341 g/mol. The Morgan fingerprint density at radius 2 is 1.64 bits per heavy atom. The summed E-state index contributed by atoms with van der Waals surface area (Å²) in [6, 6.07) is 13.1. The monoisotopic (exact) mass is 340 g/mol. The van der Waals surface area contributed by atoms with E-state index in [2.05, 4.69) is 57.2 Å². The third kappa shape index (κ3) is 5.22. The quantitative estimate of drug-likeness (QED) is 0.524. The second-order valence-corrected chi connectivity index (χ2v) is 7.99. The summed E-state index contributed by atoms with van der Waals surface area (Å²) in [4.78, 5) is 0. The Morgan fingerprint density at radius 3 is 2.40 bits per heavy atom. The van der Waals surface area contributed by atoms with Gasteiger partial charge >= 0.3 is 0 Å². The van der Waals surface area contributed by atoms with Crippen molar-refractivity contribution >= 4 is 10.8 Å². The average Bonchev–Trinajstić information content (AvgIpc) is 2.61. The summed E-state index contributed by atoms with van der Waals surface area (Å²) in [5.41, 5.74) is 1.43. The number of ether oxygens (including phenoxy) is 2. The summed E-state index contributed by atoms with van der Waals surface area (Å²) in [6.45, 7) is 7.26. The number of hydrogen-bond acceptors (Lipinski definition) is 2. The van der Waals surface area contributed by atoms with Crippen LogP contribution in [0.1, 0.15) is 70.8 Å². The Bertz CT molecular complexity index is 671. The van der Waals surface area contributed by atoms with Gasteiger partial charge in [-0.05, 0) is 59.6 Å². The molecule has 1 atom stereocenters. The highest BCUT2D eigenvalue weighted by molar-refractivity contribution is 5.84. The summed E-state index contributed by atoms with van der Waals surface area (Å²) >= 11 is 0. The molecule has 2 aromatic rings. The normalized spacial score (nSPS) is 17.1. The van der Waals surface area contributed by atoms with Gasteiger partial charge in [-0.15, -0.1) is 0 Å².